The highest BCUT2D eigenvalue weighted by molar-refractivity contribution is 5.46. The number of hydrogen-bond acceptors (Lipinski definition) is 5. The molecule has 5 heteroatoms. The molecule has 2 aromatic rings. The quantitative estimate of drug-likeness (QED) is 0.759. The first-order valence-corrected chi connectivity index (χ1v) is 7.23. The van der Waals surface area contributed by atoms with Crippen LogP contribution >= 0.6 is 0 Å². The zero-order valence-corrected chi connectivity index (χ0v) is 12.6. The summed E-state index contributed by atoms with van der Waals surface area (Å²) in [6.07, 6.45) is 0. The molecule has 1 heterocycles. The molecule has 1 N–H and O–H groups in total. The zero-order chi connectivity index (χ0) is 15.6. The van der Waals surface area contributed by atoms with E-state index in [0.717, 1.165) is 12.1 Å². The van der Waals surface area contributed by atoms with Gasteiger partial charge in [0, 0.05) is 6.54 Å². The van der Waals surface area contributed by atoms with Crippen LogP contribution in [0.1, 0.15) is 18.1 Å². The van der Waals surface area contributed by atoms with E-state index in [4.69, 9.17) is 14.7 Å². The molecule has 2 rings (SSSR count). The van der Waals surface area contributed by atoms with Crippen LogP contribution in [0.2, 0.25) is 0 Å². The van der Waals surface area contributed by atoms with Gasteiger partial charge < -0.3 is 14.8 Å². The topological polar surface area (TPSA) is 67.2 Å². The number of nitrogens with zero attached hydrogens (tertiary/aromatic N) is 2. The van der Waals surface area contributed by atoms with Crippen LogP contribution in [0.3, 0.4) is 0 Å². The van der Waals surface area contributed by atoms with E-state index >= 15 is 0 Å². The molecule has 0 fully saturated rings. The van der Waals surface area contributed by atoms with Gasteiger partial charge in [-0.1, -0.05) is 30.3 Å². The lowest BCUT2D eigenvalue weighted by Gasteiger charge is -2.09. The van der Waals surface area contributed by atoms with E-state index in [1.807, 2.05) is 37.3 Å². The highest BCUT2D eigenvalue weighted by atomic mass is 16.5. The Morgan fingerprint density at radius 3 is 2.68 bits per heavy atom. The first kappa shape index (κ1) is 15.8. The summed E-state index contributed by atoms with van der Waals surface area (Å²) >= 11 is 0. The van der Waals surface area contributed by atoms with Gasteiger partial charge in [0.1, 0.15) is 24.1 Å². The van der Waals surface area contributed by atoms with Crippen LogP contribution in [-0.2, 0) is 11.3 Å². The largest absolute Gasteiger partial charge is 0.474 e. The van der Waals surface area contributed by atoms with Crippen molar-refractivity contribution in [2.24, 2.45) is 0 Å². The average Bonchev–Trinajstić information content (AvgIpc) is 2.56. The summed E-state index contributed by atoms with van der Waals surface area (Å²) in [6.45, 7) is 4.08. The molecule has 0 aliphatic rings. The number of aromatic nitrogens is 1. The van der Waals surface area contributed by atoms with Crippen LogP contribution in [0.5, 0.6) is 5.88 Å². The molecule has 0 spiro atoms. The van der Waals surface area contributed by atoms with Crippen LogP contribution in [0.4, 0.5) is 5.82 Å². The fourth-order valence-corrected chi connectivity index (χ4v) is 1.88. The van der Waals surface area contributed by atoms with Crippen molar-refractivity contribution in [1.29, 1.82) is 5.26 Å². The molecule has 0 saturated heterocycles. The first-order valence-electron chi connectivity index (χ1n) is 7.23. The number of pyridine rings is 1. The minimum atomic E-state index is 0.337. The van der Waals surface area contributed by atoms with E-state index in [9.17, 15) is 0 Å². The second kappa shape index (κ2) is 8.65. The highest BCUT2D eigenvalue weighted by Crippen LogP contribution is 2.17. The number of rotatable bonds is 8. The van der Waals surface area contributed by atoms with Crippen LogP contribution in [0.15, 0.2) is 42.5 Å². The van der Waals surface area contributed by atoms with Gasteiger partial charge in [0.2, 0.25) is 5.88 Å². The monoisotopic (exact) mass is 297 g/mol. The van der Waals surface area contributed by atoms with E-state index in [1.54, 1.807) is 12.1 Å². The second-order valence-corrected chi connectivity index (χ2v) is 4.58. The summed E-state index contributed by atoms with van der Waals surface area (Å²) in [5.74, 6) is 1.03. The maximum Gasteiger partial charge on any atom is 0.233 e. The Morgan fingerprint density at radius 2 is 1.95 bits per heavy atom. The van der Waals surface area contributed by atoms with Gasteiger partial charge in [-0.2, -0.15) is 10.2 Å². The molecule has 0 bridgehead atoms. The molecule has 114 valence electrons. The number of nitrogens with one attached hydrogen (secondary N) is 1. The van der Waals surface area contributed by atoms with Gasteiger partial charge in [0.15, 0.2) is 0 Å². The van der Waals surface area contributed by atoms with Crippen molar-refractivity contribution >= 4 is 5.82 Å². The van der Waals surface area contributed by atoms with Crippen LogP contribution < -0.4 is 10.1 Å². The SMILES string of the molecule is CCNc1ccc(C#N)c(OCCOCc2ccccc2)n1. The number of hydrogen-bond donors (Lipinski definition) is 1. The Labute approximate surface area is 130 Å². The molecule has 0 amide bonds. The number of anilines is 1. The first-order chi connectivity index (χ1) is 10.8. The second-order valence-electron chi connectivity index (χ2n) is 4.58. The van der Waals surface area contributed by atoms with Crippen LogP contribution in [0, 0.1) is 11.3 Å². The summed E-state index contributed by atoms with van der Waals surface area (Å²) in [5.41, 5.74) is 1.54. The molecule has 0 aliphatic carbocycles. The van der Waals surface area contributed by atoms with Crippen molar-refractivity contribution in [2.45, 2.75) is 13.5 Å². The van der Waals surface area contributed by atoms with Crippen molar-refractivity contribution in [3.8, 4) is 11.9 Å². The van der Waals surface area contributed by atoms with Gasteiger partial charge in [-0.25, -0.2) is 0 Å². The van der Waals surface area contributed by atoms with Crippen LogP contribution in [0.25, 0.3) is 0 Å². The molecule has 1 aromatic carbocycles. The van der Waals surface area contributed by atoms with E-state index < -0.39 is 0 Å². The van der Waals surface area contributed by atoms with Crippen molar-refractivity contribution < 1.29 is 9.47 Å². The highest BCUT2D eigenvalue weighted by Gasteiger charge is 2.06. The van der Waals surface area contributed by atoms with Gasteiger partial charge in [-0.05, 0) is 24.6 Å². The lowest BCUT2D eigenvalue weighted by atomic mass is 10.2. The van der Waals surface area contributed by atoms with E-state index in [-0.39, 0.29) is 0 Å². The van der Waals surface area contributed by atoms with Gasteiger partial charge in [0.25, 0.3) is 0 Å². The molecule has 0 aliphatic heterocycles. The molecule has 1 aromatic heterocycles. The van der Waals surface area contributed by atoms with Crippen molar-refractivity contribution in [1.82, 2.24) is 4.98 Å². The standard InChI is InChI=1S/C17H19N3O2/c1-2-19-16-9-8-15(12-18)17(20-16)22-11-10-21-13-14-6-4-3-5-7-14/h3-9H,2,10-11,13H2,1H3,(H,19,20). The lowest BCUT2D eigenvalue weighted by Crippen LogP contribution is -2.09. The Morgan fingerprint density at radius 1 is 1.14 bits per heavy atom. The lowest BCUT2D eigenvalue weighted by molar-refractivity contribution is 0.0874. The third-order valence-corrected chi connectivity index (χ3v) is 2.92. The fraction of sp³-hybridized carbons (Fsp3) is 0.294. The minimum absolute atomic E-state index is 0.337. The number of ether oxygens (including phenoxy) is 2. The van der Waals surface area contributed by atoms with E-state index in [1.165, 1.54) is 0 Å². The number of benzene rings is 1. The minimum Gasteiger partial charge on any atom is -0.474 e. The summed E-state index contributed by atoms with van der Waals surface area (Å²) in [5, 5.41) is 12.2. The Balaban J connectivity index is 1.81. The van der Waals surface area contributed by atoms with Crippen LogP contribution in [-0.4, -0.2) is 24.7 Å². The third-order valence-electron chi connectivity index (χ3n) is 2.92. The summed E-state index contributed by atoms with van der Waals surface area (Å²) in [7, 11) is 0. The Kier molecular flexibility index (Phi) is 6.21. The smallest absolute Gasteiger partial charge is 0.233 e. The van der Waals surface area contributed by atoms with E-state index in [0.29, 0.717) is 37.1 Å². The predicted molar refractivity (Wildman–Crippen MR) is 84.7 cm³/mol. The molecule has 22 heavy (non-hydrogen) atoms. The predicted octanol–water partition coefficient (Wildman–Crippen LogP) is 2.98. The van der Waals surface area contributed by atoms with Gasteiger partial charge in [-0.15, -0.1) is 0 Å². The normalized spacial score (nSPS) is 10.0. The molecule has 0 atom stereocenters. The van der Waals surface area contributed by atoms with Gasteiger partial charge in [0.05, 0.1) is 13.2 Å². The molecular weight excluding hydrogens is 278 g/mol. The van der Waals surface area contributed by atoms with Gasteiger partial charge >= 0.3 is 0 Å². The van der Waals surface area contributed by atoms with Crippen molar-refractivity contribution in [3.05, 3.63) is 53.6 Å². The zero-order valence-electron chi connectivity index (χ0n) is 12.6. The third kappa shape index (κ3) is 4.76. The average molecular weight is 297 g/mol. The molecule has 0 radical (unpaired) electrons. The fourth-order valence-electron chi connectivity index (χ4n) is 1.88. The molecule has 0 unspecified atom stereocenters. The van der Waals surface area contributed by atoms with Crippen molar-refractivity contribution in [2.75, 3.05) is 25.1 Å². The molecule has 5 nitrogen and oxygen atoms in total. The number of nitriles is 1. The molecule has 0 saturated carbocycles. The summed E-state index contributed by atoms with van der Waals surface area (Å²) in [4.78, 5) is 4.28. The molecular formula is C17H19N3O2. The van der Waals surface area contributed by atoms with Crippen molar-refractivity contribution in [3.63, 3.8) is 0 Å². The Bertz CT molecular complexity index is 624. The Hall–Kier alpha value is -2.58. The van der Waals surface area contributed by atoms with Gasteiger partial charge in [-0.3, -0.25) is 0 Å². The summed E-state index contributed by atoms with van der Waals surface area (Å²) < 4.78 is 11.1. The van der Waals surface area contributed by atoms with E-state index in [2.05, 4.69) is 16.4 Å². The maximum atomic E-state index is 9.07. The maximum absolute atomic E-state index is 9.07. The summed E-state index contributed by atoms with van der Waals surface area (Å²) in [6, 6.07) is 15.5.